The summed E-state index contributed by atoms with van der Waals surface area (Å²) in [5.74, 6) is 0.978. The van der Waals surface area contributed by atoms with Crippen molar-refractivity contribution in [2.24, 2.45) is 0 Å². The Morgan fingerprint density at radius 3 is 2.36 bits per heavy atom. The molecule has 0 aliphatic rings. The van der Waals surface area contributed by atoms with E-state index in [1.165, 1.54) is 11.8 Å². The average Bonchev–Trinajstić information content (AvgIpc) is 1.85. The predicted octanol–water partition coefficient (Wildman–Crippen LogP) is -0.0789. The molecule has 0 heterocycles. The largest absolute Gasteiger partial charge is 0.369 e. The summed E-state index contributed by atoms with van der Waals surface area (Å²) in [5, 5.41) is 11.9. The van der Waals surface area contributed by atoms with Crippen molar-refractivity contribution < 1.29 is 9.59 Å². The molecule has 68 valence electrons. The third-order valence-electron chi connectivity index (χ3n) is 1.28. The van der Waals surface area contributed by atoms with E-state index in [0.29, 0.717) is 0 Å². The molecule has 1 atom stereocenters. The molecule has 0 rings (SSSR count). The highest BCUT2D eigenvalue weighted by Crippen LogP contribution is 2.05. The number of hydrogen-bond donors (Lipinski definition) is 2. The Labute approximate surface area is 73.4 Å². The molecule has 4 heteroatoms. The highest BCUT2D eigenvalue weighted by molar-refractivity contribution is 7.99. The molecule has 0 radical (unpaired) electrons. The molecule has 11 heavy (non-hydrogen) atoms. The quantitative estimate of drug-likeness (QED) is 0.457. The normalized spacial score (nSPS) is 15.0. The average molecular weight is 179 g/mol. The smallest absolute Gasteiger partial charge is 0.153 e. The molecule has 0 aromatic rings. The van der Waals surface area contributed by atoms with Crippen LogP contribution in [0.15, 0.2) is 0 Å². The molecular weight excluding hydrogens is 160 g/mol. The number of thioether (sulfide) groups is 1. The molecule has 0 saturated carbocycles. The van der Waals surface area contributed by atoms with Crippen molar-refractivity contribution in [3.63, 3.8) is 0 Å². The van der Waals surface area contributed by atoms with E-state index in [9.17, 15) is 0 Å². The zero-order valence-corrected chi connectivity index (χ0v) is 8.61. The van der Waals surface area contributed by atoms with Gasteiger partial charge in [0.2, 0.25) is 0 Å². The molecule has 1 unspecified atom stereocenters. The van der Waals surface area contributed by atoms with E-state index in [1.807, 2.05) is 0 Å². The molecule has 0 fully saturated rings. The minimum Gasteiger partial charge on any atom is -0.369 e. The Hall–Kier alpha value is 0.230. The first-order valence-electron chi connectivity index (χ1n) is 3.73. The summed E-state index contributed by atoms with van der Waals surface area (Å²) in [4.78, 5) is 0. The summed E-state index contributed by atoms with van der Waals surface area (Å²) in [6.07, 6.45) is 0. The van der Waals surface area contributed by atoms with Crippen LogP contribution in [0.4, 0.5) is 0 Å². The number of aliphatic hydroxyl groups is 1. The number of aliphatic hydroxyl groups excluding tert-OH is 1. The lowest BCUT2D eigenvalue weighted by Crippen LogP contribution is -2.37. The van der Waals surface area contributed by atoms with Crippen molar-refractivity contribution in [1.29, 1.82) is 0 Å². The van der Waals surface area contributed by atoms with Gasteiger partial charge in [0.1, 0.15) is 0 Å². The van der Waals surface area contributed by atoms with Gasteiger partial charge in [-0.25, -0.2) is 0 Å². The Bertz CT molecular complexity index is 103. The van der Waals surface area contributed by atoms with E-state index < -0.39 is 5.56 Å². The first kappa shape index (κ1) is 11.2. The number of nitrogens with one attached hydrogen (secondary N) is 1. The number of hydrogen-bond acceptors (Lipinski definition) is 3. The van der Waals surface area contributed by atoms with Crippen molar-refractivity contribution in [3.05, 3.63) is 0 Å². The third kappa shape index (κ3) is 8.13. The molecule has 2 N–H and O–H groups in total. The molecule has 0 spiro atoms. The second-order valence-corrected chi connectivity index (χ2v) is 4.71. The molecular formula is C7H19N2OS+. The Morgan fingerprint density at radius 1 is 1.45 bits per heavy atom. The molecule has 0 aliphatic carbocycles. The van der Waals surface area contributed by atoms with Crippen LogP contribution in [0.25, 0.3) is 0 Å². The van der Waals surface area contributed by atoms with Crippen LogP contribution in [0, 0.1) is 0 Å². The maximum absolute atomic E-state index is 9.10. The zero-order valence-electron chi connectivity index (χ0n) is 7.79. The number of nitrogens with zero attached hydrogens (tertiary/aromatic N) is 1. The van der Waals surface area contributed by atoms with Gasteiger partial charge in [0, 0.05) is 5.75 Å². The molecule has 0 aromatic heterocycles. The van der Waals surface area contributed by atoms with Crippen LogP contribution in [0.1, 0.15) is 0 Å². The molecule has 0 amide bonds. The zero-order chi connectivity index (χ0) is 8.91. The van der Waals surface area contributed by atoms with Crippen LogP contribution in [0.3, 0.4) is 0 Å². The van der Waals surface area contributed by atoms with Gasteiger partial charge in [0.05, 0.1) is 27.7 Å². The van der Waals surface area contributed by atoms with Gasteiger partial charge >= 0.3 is 0 Å². The summed E-state index contributed by atoms with van der Waals surface area (Å²) in [5.41, 5.74) is -0.415. The van der Waals surface area contributed by atoms with Gasteiger partial charge in [-0.05, 0) is 7.05 Å². The summed E-state index contributed by atoms with van der Waals surface area (Å²) in [6, 6.07) is 0. The first-order valence-corrected chi connectivity index (χ1v) is 4.78. The maximum atomic E-state index is 9.10. The fourth-order valence-corrected chi connectivity index (χ4v) is 1.56. The Balaban J connectivity index is 3.28. The highest BCUT2D eigenvalue weighted by atomic mass is 32.2. The number of quaternary nitrogens is 1. The van der Waals surface area contributed by atoms with Crippen LogP contribution in [0.2, 0.25) is 0 Å². The fourth-order valence-electron chi connectivity index (χ4n) is 0.522. The second kappa shape index (κ2) is 4.98. The van der Waals surface area contributed by atoms with E-state index in [4.69, 9.17) is 5.11 Å². The van der Waals surface area contributed by atoms with E-state index in [2.05, 4.69) is 26.5 Å². The van der Waals surface area contributed by atoms with Gasteiger partial charge in [-0.15, -0.1) is 11.8 Å². The second-order valence-electron chi connectivity index (χ2n) is 3.53. The fraction of sp³-hybridized carbons (Fsp3) is 1.00. The highest BCUT2D eigenvalue weighted by Gasteiger charge is 2.07. The lowest BCUT2D eigenvalue weighted by atomic mass is 10.6. The molecule has 0 aliphatic heterocycles. The maximum Gasteiger partial charge on any atom is 0.153 e. The van der Waals surface area contributed by atoms with E-state index >= 15 is 0 Å². The third-order valence-corrected chi connectivity index (χ3v) is 2.25. The Morgan fingerprint density at radius 2 is 2.00 bits per heavy atom. The molecule has 0 aromatic carbocycles. The van der Waals surface area contributed by atoms with Gasteiger partial charge in [0.15, 0.2) is 5.56 Å². The van der Waals surface area contributed by atoms with Crippen molar-refractivity contribution in [3.8, 4) is 0 Å². The lowest BCUT2D eigenvalue weighted by molar-refractivity contribution is -0.867. The molecule has 3 nitrogen and oxygen atoms in total. The van der Waals surface area contributed by atoms with Crippen LogP contribution in [0.5, 0.6) is 0 Å². The van der Waals surface area contributed by atoms with Crippen LogP contribution >= 0.6 is 11.8 Å². The van der Waals surface area contributed by atoms with Crippen molar-refractivity contribution >= 4 is 11.8 Å². The van der Waals surface area contributed by atoms with Gasteiger partial charge in [-0.2, -0.15) is 0 Å². The minimum atomic E-state index is -0.415. The van der Waals surface area contributed by atoms with Crippen molar-refractivity contribution in [2.45, 2.75) is 5.56 Å². The summed E-state index contributed by atoms with van der Waals surface area (Å²) < 4.78 is 0.948. The topological polar surface area (TPSA) is 32.3 Å². The van der Waals surface area contributed by atoms with Gasteiger partial charge < -0.3 is 9.59 Å². The molecule has 0 bridgehead atoms. The van der Waals surface area contributed by atoms with E-state index in [0.717, 1.165) is 16.8 Å². The summed E-state index contributed by atoms with van der Waals surface area (Å²) in [6.45, 7) is 1.07. The van der Waals surface area contributed by atoms with Crippen LogP contribution < -0.4 is 5.32 Å². The van der Waals surface area contributed by atoms with Crippen molar-refractivity contribution in [2.75, 3.05) is 40.5 Å². The monoisotopic (exact) mass is 179 g/mol. The SMILES string of the molecule is CNC(O)SCC[N+](C)(C)C. The van der Waals surface area contributed by atoms with Crippen molar-refractivity contribution in [1.82, 2.24) is 5.32 Å². The summed E-state index contributed by atoms with van der Waals surface area (Å²) in [7, 11) is 8.19. The van der Waals surface area contributed by atoms with Gasteiger partial charge in [-0.1, -0.05) is 0 Å². The molecule has 0 saturated heterocycles. The van der Waals surface area contributed by atoms with Crippen LogP contribution in [-0.4, -0.2) is 55.6 Å². The first-order chi connectivity index (χ1) is 4.95. The number of rotatable bonds is 5. The predicted molar refractivity (Wildman–Crippen MR) is 50.4 cm³/mol. The standard InChI is InChI=1S/C7H19N2OS/c1-8-7(10)11-6-5-9(2,3)4/h7-8,10H,5-6H2,1-4H3/q+1. The lowest BCUT2D eigenvalue weighted by Gasteiger charge is -2.23. The van der Waals surface area contributed by atoms with Crippen LogP contribution in [-0.2, 0) is 0 Å². The minimum absolute atomic E-state index is 0.415. The summed E-state index contributed by atoms with van der Waals surface area (Å²) >= 11 is 1.53. The van der Waals surface area contributed by atoms with Gasteiger partial charge in [-0.3, -0.25) is 5.32 Å². The van der Waals surface area contributed by atoms with E-state index in [-0.39, 0.29) is 0 Å². The van der Waals surface area contributed by atoms with Gasteiger partial charge in [0.25, 0.3) is 0 Å². The Kier molecular flexibility index (Phi) is 5.08. The van der Waals surface area contributed by atoms with E-state index in [1.54, 1.807) is 7.05 Å².